The molecule has 0 aromatic carbocycles. The Labute approximate surface area is 115 Å². The topological polar surface area (TPSA) is 50.7 Å². The number of anilines is 1. The van der Waals surface area contributed by atoms with Crippen molar-refractivity contribution >= 4 is 28.8 Å². The van der Waals surface area contributed by atoms with Crippen LogP contribution in [0.5, 0.6) is 0 Å². The minimum absolute atomic E-state index is 0.107. The zero-order chi connectivity index (χ0) is 13.1. The van der Waals surface area contributed by atoms with Crippen LogP contribution in [-0.2, 0) is 0 Å². The second-order valence-electron chi connectivity index (χ2n) is 4.33. The van der Waals surface area contributed by atoms with Crippen LogP contribution in [0.15, 0.2) is 17.6 Å². The quantitative estimate of drug-likeness (QED) is 0.865. The van der Waals surface area contributed by atoms with Gasteiger partial charge in [-0.2, -0.15) is 0 Å². The maximum Gasteiger partial charge on any atom is 0.135 e. The minimum atomic E-state index is 0.107. The molecule has 4 nitrogen and oxygen atoms in total. The molecule has 0 aliphatic heterocycles. The van der Waals surface area contributed by atoms with Crippen molar-refractivity contribution in [2.45, 2.75) is 32.7 Å². The maximum absolute atomic E-state index is 6.00. The fourth-order valence-corrected chi connectivity index (χ4v) is 2.34. The van der Waals surface area contributed by atoms with E-state index >= 15 is 0 Å². The molecule has 18 heavy (non-hydrogen) atoms. The summed E-state index contributed by atoms with van der Waals surface area (Å²) >= 11 is 7.61. The van der Waals surface area contributed by atoms with Gasteiger partial charge in [0.2, 0.25) is 0 Å². The molecule has 0 bridgehead atoms. The molecule has 6 heteroatoms. The van der Waals surface area contributed by atoms with Gasteiger partial charge in [0.1, 0.15) is 21.8 Å². The van der Waals surface area contributed by atoms with Crippen molar-refractivity contribution in [2.24, 2.45) is 0 Å². The summed E-state index contributed by atoms with van der Waals surface area (Å²) in [4.78, 5) is 12.9. The lowest BCUT2D eigenvalue weighted by Crippen LogP contribution is -2.09. The van der Waals surface area contributed by atoms with E-state index in [0.717, 1.165) is 16.6 Å². The van der Waals surface area contributed by atoms with Crippen LogP contribution in [0.4, 0.5) is 5.82 Å². The predicted molar refractivity (Wildman–Crippen MR) is 75.3 cm³/mol. The van der Waals surface area contributed by atoms with Gasteiger partial charge in [-0.25, -0.2) is 15.0 Å². The van der Waals surface area contributed by atoms with Gasteiger partial charge in [0.05, 0.1) is 6.04 Å². The highest BCUT2D eigenvalue weighted by Gasteiger charge is 2.11. The summed E-state index contributed by atoms with van der Waals surface area (Å²) in [6, 6.07) is 1.84. The number of thiazole rings is 1. The fraction of sp³-hybridized carbons (Fsp3) is 0.417. The SMILES string of the molecule is CC(C)c1nc(Cl)cc(NC(C)c2nccs2)n1. The molecule has 0 saturated carbocycles. The molecule has 1 N–H and O–H groups in total. The van der Waals surface area contributed by atoms with Crippen molar-refractivity contribution in [1.82, 2.24) is 15.0 Å². The van der Waals surface area contributed by atoms with Gasteiger partial charge in [-0.05, 0) is 6.92 Å². The number of rotatable bonds is 4. The highest BCUT2D eigenvalue weighted by atomic mass is 35.5. The number of nitrogens with one attached hydrogen (secondary N) is 1. The second-order valence-corrected chi connectivity index (χ2v) is 5.64. The normalized spacial score (nSPS) is 12.7. The Bertz CT molecular complexity index is 513. The van der Waals surface area contributed by atoms with Crippen LogP contribution in [0, 0.1) is 0 Å². The summed E-state index contributed by atoms with van der Waals surface area (Å²) in [5.74, 6) is 1.73. The van der Waals surface area contributed by atoms with Crippen LogP contribution < -0.4 is 5.32 Å². The Hall–Kier alpha value is -1.20. The van der Waals surface area contributed by atoms with E-state index in [4.69, 9.17) is 11.6 Å². The summed E-state index contributed by atoms with van der Waals surface area (Å²) < 4.78 is 0. The fourth-order valence-electron chi connectivity index (χ4n) is 1.50. The molecule has 0 aliphatic rings. The molecule has 0 radical (unpaired) electrons. The lowest BCUT2D eigenvalue weighted by molar-refractivity contribution is 0.767. The zero-order valence-electron chi connectivity index (χ0n) is 10.5. The third-order valence-electron chi connectivity index (χ3n) is 2.41. The van der Waals surface area contributed by atoms with E-state index in [2.05, 4.69) is 20.3 Å². The predicted octanol–water partition coefficient (Wildman–Crippen LogP) is 3.88. The minimum Gasteiger partial charge on any atom is -0.361 e. The van der Waals surface area contributed by atoms with E-state index in [1.807, 2.05) is 26.2 Å². The number of nitrogens with zero attached hydrogens (tertiary/aromatic N) is 3. The van der Waals surface area contributed by atoms with Gasteiger partial charge in [0.15, 0.2) is 0 Å². The van der Waals surface area contributed by atoms with Crippen LogP contribution in [-0.4, -0.2) is 15.0 Å². The summed E-state index contributed by atoms with van der Waals surface area (Å²) in [7, 11) is 0. The maximum atomic E-state index is 6.00. The molecule has 0 spiro atoms. The summed E-state index contributed by atoms with van der Waals surface area (Å²) in [5, 5.41) is 6.74. The molecule has 2 aromatic rings. The smallest absolute Gasteiger partial charge is 0.135 e. The first-order valence-corrected chi connectivity index (χ1v) is 7.02. The Kier molecular flexibility index (Phi) is 4.14. The first-order valence-electron chi connectivity index (χ1n) is 5.76. The molecule has 96 valence electrons. The average Bonchev–Trinajstić information content (AvgIpc) is 2.81. The van der Waals surface area contributed by atoms with E-state index in [0.29, 0.717) is 5.15 Å². The van der Waals surface area contributed by atoms with Crippen molar-refractivity contribution in [3.05, 3.63) is 33.6 Å². The van der Waals surface area contributed by atoms with Gasteiger partial charge >= 0.3 is 0 Å². The summed E-state index contributed by atoms with van der Waals surface area (Å²) in [6.45, 7) is 6.13. The zero-order valence-corrected chi connectivity index (χ0v) is 12.1. The number of aromatic nitrogens is 3. The molecular formula is C12H15ClN4S. The monoisotopic (exact) mass is 282 g/mol. The molecule has 1 unspecified atom stereocenters. The molecule has 2 heterocycles. The molecule has 0 fully saturated rings. The second kappa shape index (κ2) is 5.63. The van der Waals surface area contributed by atoms with Crippen LogP contribution in [0.2, 0.25) is 5.15 Å². The lowest BCUT2D eigenvalue weighted by atomic mass is 10.2. The van der Waals surface area contributed by atoms with E-state index in [9.17, 15) is 0 Å². The van der Waals surface area contributed by atoms with E-state index in [1.54, 1.807) is 23.6 Å². The van der Waals surface area contributed by atoms with Crippen LogP contribution in [0.1, 0.15) is 43.6 Å². The van der Waals surface area contributed by atoms with Crippen molar-refractivity contribution in [2.75, 3.05) is 5.32 Å². The van der Waals surface area contributed by atoms with E-state index < -0.39 is 0 Å². The van der Waals surface area contributed by atoms with Crippen LogP contribution in [0.3, 0.4) is 0 Å². The van der Waals surface area contributed by atoms with Gasteiger partial charge in [-0.15, -0.1) is 11.3 Å². The number of halogens is 1. The summed E-state index contributed by atoms with van der Waals surface area (Å²) in [6.07, 6.45) is 1.80. The highest BCUT2D eigenvalue weighted by molar-refractivity contribution is 7.09. The Balaban J connectivity index is 2.18. The third kappa shape index (κ3) is 3.17. The molecule has 2 aromatic heterocycles. The Morgan fingerprint density at radius 1 is 1.28 bits per heavy atom. The van der Waals surface area contributed by atoms with Crippen LogP contribution in [0.25, 0.3) is 0 Å². The van der Waals surface area contributed by atoms with Crippen molar-refractivity contribution in [3.8, 4) is 0 Å². The van der Waals surface area contributed by atoms with Gasteiger partial charge in [0.25, 0.3) is 0 Å². The van der Waals surface area contributed by atoms with Gasteiger partial charge in [-0.3, -0.25) is 0 Å². The Morgan fingerprint density at radius 2 is 2.06 bits per heavy atom. The standard InChI is InChI=1S/C12H15ClN4S/c1-7(2)11-16-9(13)6-10(17-11)15-8(3)12-14-4-5-18-12/h4-8H,1-3H3,(H,15,16,17). The van der Waals surface area contributed by atoms with Gasteiger partial charge in [0, 0.05) is 23.6 Å². The van der Waals surface area contributed by atoms with E-state index in [1.165, 1.54) is 0 Å². The van der Waals surface area contributed by atoms with Gasteiger partial charge < -0.3 is 5.32 Å². The van der Waals surface area contributed by atoms with Crippen LogP contribution >= 0.6 is 22.9 Å². The largest absolute Gasteiger partial charge is 0.361 e. The van der Waals surface area contributed by atoms with Crippen molar-refractivity contribution < 1.29 is 0 Å². The highest BCUT2D eigenvalue weighted by Crippen LogP contribution is 2.22. The molecule has 1 atom stereocenters. The third-order valence-corrected chi connectivity index (χ3v) is 3.57. The van der Waals surface area contributed by atoms with E-state index in [-0.39, 0.29) is 12.0 Å². The molecular weight excluding hydrogens is 268 g/mol. The Morgan fingerprint density at radius 3 is 2.67 bits per heavy atom. The molecule has 0 amide bonds. The molecule has 2 rings (SSSR count). The van der Waals surface area contributed by atoms with Crippen molar-refractivity contribution in [1.29, 1.82) is 0 Å². The average molecular weight is 283 g/mol. The summed E-state index contributed by atoms with van der Waals surface area (Å²) in [5.41, 5.74) is 0. The van der Waals surface area contributed by atoms with Crippen molar-refractivity contribution in [3.63, 3.8) is 0 Å². The van der Waals surface area contributed by atoms with Gasteiger partial charge in [-0.1, -0.05) is 25.4 Å². The molecule has 0 aliphatic carbocycles. The number of hydrogen-bond donors (Lipinski definition) is 1. The number of hydrogen-bond acceptors (Lipinski definition) is 5. The lowest BCUT2D eigenvalue weighted by Gasteiger charge is -2.13. The molecule has 0 saturated heterocycles. The first kappa shape index (κ1) is 13.2. The first-order chi connectivity index (χ1) is 8.56.